The summed E-state index contributed by atoms with van der Waals surface area (Å²) in [5.74, 6) is 1.32. The summed E-state index contributed by atoms with van der Waals surface area (Å²) in [6.07, 6.45) is 3.84. The van der Waals surface area contributed by atoms with E-state index in [9.17, 15) is 4.79 Å². The van der Waals surface area contributed by atoms with Crippen LogP contribution in [0.4, 0.5) is 0 Å². The van der Waals surface area contributed by atoms with Crippen LogP contribution in [0.25, 0.3) is 16.7 Å². The number of para-hydroxylation sites is 2. The number of nitrogens with zero attached hydrogens (tertiary/aromatic N) is 2. The van der Waals surface area contributed by atoms with Gasteiger partial charge in [-0.1, -0.05) is 30.3 Å². The normalized spacial score (nSPS) is 12.1. The van der Waals surface area contributed by atoms with Gasteiger partial charge in [-0.2, -0.15) is 5.10 Å². The van der Waals surface area contributed by atoms with E-state index in [2.05, 4.69) is 10.4 Å². The second-order valence-corrected chi connectivity index (χ2v) is 6.85. The molecule has 4 rings (SSSR count). The molecule has 1 unspecified atom stereocenters. The maximum absolute atomic E-state index is 12.5. The smallest absolute Gasteiger partial charge is 0.225 e. The van der Waals surface area contributed by atoms with E-state index in [1.165, 1.54) is 0 Å². The Bertz CT molecular complexity index is 1110. The van der Waals surface area contributed by atoms with Crippen LogP contribution in [0.3, 0.4) is 0 Å². The number of benzene rings is 2. The molecule has 0 saturated heterocycles. The van der Waals surface area contributed by atoms with Gasteiger partial charge in [0.25, 0.3) is 0 Å². The van der Waals surface area contributed by atoms with Gasteiger partial charge in [-0.05, 0) is 43.7 Å². The van der Waals surface area contributed by atoms with Gasteiger partial charge in [0.15, 0.2) is 11.3 Å². The molecule has 29 heavy (non-hydrogen) atoms. The molecule has 1 amide bonds. The Morgan fingerprint density at radius 3 is 2.83 bits per heavy atom. The van der Waals surface area contributed by atoms with Crippen LogP contribution in [0.5, 0.6) is 5.75 Å². The molecular formula is C23H23N3O3. The number of rotatable bonds is 7. The van der Waals surface area contributed by atoms with Gasteiger partial charge in [0.05, 0.1) is 31.0 Å². The molecule has 2 heterocycles. The monoisotopic (exact) mass is 389 g/mol. The Labute approximate surface area is 169 Å². The number of nitrogens with one attached hydrogen (secondary N) is 1. The Hall–Kier alpha value is -3.54. The van der Waals surface area contributed by atoms with E-state index in [4.69, 9.17) is 9.15 Å². The molecule has 4 aromatic rings. The lowest BCUT2D eigenvalue weighted by atomic mass is 10.2. The number of carbonyl (C=O) groups is 1. The molecule has 148 valence electrons. The van der Waals surface area contributed by atoms with Gasteiger partial charge in [0.1, 0.15) is 5.76 Å². The highest BCUT2D eigenvalue weighted by atomic mass is 16.5. The maximum atomic E-state index is 12.5. The first-order valence-corrected chi connectivity index (χ1v) is 9.67. The van der Waals surface area contributed by atoms with Gasteiger partial charge < -0.3 is 14.5 Å². The van der Waals surface area contributed by atoms with E-state index in [0.29, 0.717) is 23.7 Å². The van der Waals surface area contributed by atoms with Crippen LogP contribution < -0.4 is 10.1 Å². The predicted molar refractivity (Wildman–Crippen MR) is 111 cm³/mol. The van der Waals surface area contributed by atoms with E-state index < -0.39 is 0 Å². The van der Waals surface area contributed by atoms with Crippen molar-refractivity contribution in [2.24, 2.45) is 0 Å². The minimum atomic E-state index is -0.256. The summed E-state index contributed by atoms with van der Waals surface area (Å²) < 4.78 is 13.4. The van der Waals surface area contributed by atoms with Crippen molar-refractivity contribution in [1.29, 1.82) is 0 Å². The Morgan fingerprint density at radius 2 is 2.03 bits per heavy atom. The van der Waals surface area contributed by atoms with Crippen molar-refractivity contribution in [1.82, 2.24) is 15.1 Å². The third-order valence-electron chi connectivity index (χ3n) is 4.65. The molecule has 0 fully saturated rings. The van der Waals surface area contributed by atoms with Gasteiger partial charge in [0.2, 0.25) is 5.91 Å². The van der Waals surface area contributed by atoms with Crippen molar-refractivity contribution in [3.8, 4) is 11.4 Å². The molecule has 2 aromatic carbocycles. The number of hydrogen-bond acceptors (Lipinski definition) is 4. The fourth-order valence-electron chi connectivity index (χ4n) is 3.26. The summed E-state index contributed by atoms with van der Waals surface area (Å²) in [5, 5.41) is 8.29. The number of carbonyl (C=O) groups excluding carboxylic acids is 1. The summed E-state index contributed by atoms with van der Waals surface area (Å²) in [4.78, 5) is 12.5. The van der Waals surface area contributed by atoms with E-state index in [0.717, 1.165) is 16.6 Å². The summed E-state index contributed by atoms with van der Waals surface area (Å²) in [6.45, 7) is 4.41. The summed E-state index contributed by atoms with van der Waals surface area (Å²) in [7, 11) is 0. The molecule has 1 atom stereocenters. The standard InChI is InChI=1S/C23H23N3O3/c1-3-28-20-11-7-8-18-13-21(29-23(18)20)16(2)25-22(27)12-17-14-24-26(15-17)19-9-5-4-6-10-19/h4-11,13-16H,3,12H2,1-2H3,(H,25,27). The fraction of sp³-hybridized carbons (Fsp3) is 0.217. The molecule has 0 spiro atoms. The summed E-state index contributed by atoms with van der Waals surface area (Å²) in [5.41, 5.74) is 2.51. The van der Waals surface area contributed by atoms with Crippen LogP contribution in [-0.2, 0) is 11.2 Å². The average molecular weight is 389 g/mol. The van der Waals surface area contributed by atoms with Crippen molar-refractivity contribution in [2.75, 3.05) is 6.61 Å². The van der Waals surface area contributed by atoms with Crippen LogP contribution in [0.2, 0.25) is 0 Å². The topological polar surface area (TPSA) is 69.3 Å². The first-order valence-electron chi connectivity index (χ1n) is 9.67. The zero-order valence-electron chi connectivity index (χ0n) is 16.5. The number of ether oxygens (including phenoxy) is 1. The molecular weight excluding hydrogens is 366 g/mol. The second kappa shape index (κ2) is 8.22. The maximum Gasteiger partial charge on any atom is 0.225 e. The highest BCUT2D eigenvalue weighted by molar-refractivity contribution is 5.84. The molecule has 6 nitrogen and oxygen atoms in total. The predicted octanol–water partition coefficient (Wildman–Crippen LogP) is 4.44. The molecule has 6 heteroatoms. The van der Waals surface area contributed by atoms with Crippen molar-refractivity contribution in [2.45, 2.75) is 26.3 Å². The molecule has 0 radical (unpaired) electrons. The fourth-order valence-corrected chi connectivity index (χ4v) is 3.26. The number of fused-ring (bicyclic) bond motifs is 1. The minimum Gasteiger partial charge on any atom is -0.490 e. The lowest BCUT2D eigenvalue weighted by molar-refractivity contribution is -0.121. The third kappa shape index (κ3) is 4.16. The van der Waals surface area contributed by atoms with Gasteiger partial charge in [-0.25, -0.2) is 4.68 Å². The Morgan fingerprint density at radius 1 is 1.21 bits per heavy atom. The first kappa shape index (κ1) is 18.8. The molecule has 1 N–H and O–H groups in total. The molecule has 0 aliphatic heterocycles. The van der Waals surface area contributed by atoms with Crippen LogP contribution in [0.1, 0.15) is 31.2 Å². The highest BCUT2D eigenvalue weighted by Gasteiger charge is 2.17. The van der Waals surface area contributed by atoms with Gasteiger partial charge in [0, 0.05) is 11.6 Å². The number of furan rings is 1. The van der Waals surface area contributed by atoms with E-state index in [-0.39, 0.29) is 18.4 Å². The second-order valence-electron chi connectivity index (χ2n) is 6.85. The molecule has 0 saturated carbocycles. The quantitative estimate of drug-likeness (QED) is 0.507. The van der Waals surface area contributed by atoms with Gasteiger partial charge >= 0.3 is 0 Å². The van der Waals surface area contributed by atoms with E-state index in [1.807, 2.05) is 74.6 Å². The van der Waals surface area contributed by atoms with Crippen LogP contribution in [0.15, 0.2) is 71.4 Å². The van der Waals surface area contributed by atoms with Gasteiger partial charge in [-0.15, -0.1) is 0 Å². The van der Waals surface area contributed by atoms with Crippen molar-refractivity contribution < 1.29 is 13.9 Å². The lowest BCUT2D eigenvalue weighted by Crippen LogP contribution is -2.27. The van der Waals surface area contributed by atoms with Crippen LogP contribution >= 0.6 is 0 Å². The molecule has 0 bridgehead atoms. The Kier molecular flexibility index (Phi) is 5.33. The lowest BCUT2D eigenvalue weighted by Gasteiger charge is -2.11. The molecule has 2 aromatic heterocycles. The average Bonchev–Trinajstić information content (AvgIpc) is 3.36. The third-order valence-corrected chi connectivity index (χ3v) is 4.65. The first-order chi connectivity index (χ1) is 14.1. The number of amides is 1. The van der Waals surface area contributed by atoms with Crippen LogP contribution in [-0.4, -0.2) is 22.3 Å². The van der Waals surface area contributed by atoms with Crippen LogP contribution in [0, 0.1) is 0 Å². The van der Waals surface area contributed by atoms with Gasteiger partial charge in [-0.3, -0.25) is 4.79 Å². The highest BCUT2D eigenvalue weighted by Crippen LogP contribution is 2.31. The number of aromatic nitrogens is 2. The van der Waals surface area contributed by atoms with E-state index >= 15 is 0 Å². The van der Waals surface area contributed by atoms with Crippen molar-refractivity contribution >= 4 is 16.9 Å². The SMILES string of the molecule is CCOc1cccc2cc(C(C)NC(=O)Cc3cnn(-c4ccccc4)c3)oc12. The summed E-state index contributed by atoms with van der Waals surface area (Å²) in [6, 6.07) is 17.3. The van der Waals surface area contributed by atoms with Crippen molar-refractivity contribution in [3.63, 3.8) is 0 Å². The largest absolute Gasteiger partial charge is 0.490 e. The minimum absolute atomic E-state index is 0.0874. The van der Waals surface area contributed by atoms with E-state index in [1.54, 1.807) is 10.9 Å². The Balaban J connectivity index is 1.43. The summed E-state index contributed by atoms with van der Waals surface area (Å²) >= 11 is 0. The zero-order valence-corrected chi connectivity index (χ0v) is 16.5. The van der Waals surface area contributed by atoms with Crippen molar-refractivity contribution in [3.05, 3.63) is 78.3 Å². The zero-order chi connectivity index (χ0) is 20.2. The molecule has 0 aliphatic carbocycles. The molecule has 0 aliphatic rings. The number of hydrogen-bond donors (Lipinski definition) is 1.